The number of hydrogen-bond acceptors (Lipinski definition) is 3. The van der Waals surface area contributed by atoms with Crippen LogP contribution in [-0.2, 0) is 6.54 Å². The Balaban J connectivity index is 2.23. The van der Waals surface area contributed by atoms with Gasteiger partial charge in [-0.25, -0.2) is 4.98 Å². The van der Waals surface area contributed by atoms with Crippen molar-refractivity contribution < 1.29 is 0 Å². The lowest BCUT2D eigenvalue weighted by molar-refractivity contribution is 0.803. The molecule has 0 unspecified atom stereocenters. The van der Waals surface area contributed by atoms with Gasteiger partial charge in [-0.15, -0.1) is 11.3 Å². The van der Waals surface area contributed by atoms with Gasteiger partial charge in [-0.1, -0.05) is 6.92 Å². The maximum Gasteiger partial charge on any atom is 0.166 e. The van der Waals surface area contributed by atoms with E-state index < -0.39 is 0 Å². The molecule has 0 radical (unpaired) electrons. The summed E-state index contributed by atoms with van der Waals surface area (Å²) in [6.45, 7) is 5.80. The molecular weight excluding hydrogens is 214 g/mol. The lowest BCUT2D eigenvalue weighted by Gasteiger charge is -2.07. The quantitative estimate of drug-likeness (QED) is 0.772. The van der Waals surface area contributed by atoms with Crippen LogP contribution in [0.25, 0.3) is 0 Å². The molecule has 0 saturated heterocycles. The van der Waals surface area contributed by atoms with Crippen LogP contribution in [-0.4, -0.2) is 16.6 Å². The molecule has 3 nitrogen and oxygen atoms in total. The summed E-state index contributed by atoms with van der Waals surface area (Å²) >= 11 is 6.78. The fourth-order valence-corrected chi connectivity index (χ4v) is 1.86. The molecule has 0 aliphatic rings. The Labute approximate surface area is 93.9 Å². The Morgan fingerprint density at radius 2 is 2.36 bits per heavy atom. The first kappa shape index (κ1) is 11.4. The van der Waals surface area contributed by atoms with Crippen molar-refractivity contribution in [2.24, 2.45) is 0 Å². The number of nitrogens with one attached hydrogen (secondary N) is 2. The van der Waals surface area contributed by atoms with E-state index >= 15 is 0 Å². The second-order valence-electron chi connectivity index (χ2n) is 2.96. The van der Waals surface area contributed by atoms with Crippen LogP contribution in [0.2, 0.25) is 0 Å². The number of thiazole rings is 1. The van der Waals surface area contributed by atoms with E-state index in [0.717, 1.165) is 29.6 Å². The molecule has 0 bridgehead atoms. The zero-order valence-electron chi connectivity index (χ0n) is 8.46. The standard InChI is InChI=1S/C9H15N3S2/c1-3-4-10-9(13)12-6-8-5-11-7(2)14-8/h5H,3-4,6H2,1-2H3,(H2,10,12,13). The molecule has 5 heteroatoms. The van der Waals surface area contributed by atoms with E-state index in [1.165, 1.54) is 4.88 Å². The normalized spacial score (nSPS) is 9.86. The molecule has 1 rings (SSSR count). The number of hydrogen-bond donors (Lipinski definition) is 2. The molecule has 78 valence electrons. The van der Waals surface area contributed by atoms with Crippen LogP contribution in [0.15, 0.2) is 6.20 Å². The van der Waals surface area contributed by atoms with Gasteiger partial charge in [0.2, 0.25) is 0 Å². The van der Waals surface area contributed by atoms with Crippen molar-refractivity contribution in [3.05, 3.63) is 16.1 Å². The SMILES string of the molecule is CCCNC(=S)NCc1cnc(C)s1. The van der Waals surface area contributed by atoms with E-state index in [1.54, 1.807) is 11.3 Å². The number of aryl methyl sites for hydroxylation is 1. The summed E-state index contributed by atoms with van der Waals surface area (Å²) in [5, 5.41) is 8.06. The van der Waals surface area contributed by atoms with Crippen molar-refractivity contribution in [1.29, 1.82) is 0 Å². The predicted molar refractivity (Wildman–Crippen MR) is 64.6 cm³/mol. The Morgan fingerprint density at radius 1 is 1.57 bits per heavy atom. The molecule has 1 heterocycles. The largest absolute Gasteiger partial charge is 0.363 e. The van der Waals surface area contributed by atoms with Gasteiger partial charge in [-0.05, 0) is 25.6 Å². The molecule has 0 atom stereocenters. The molecular formula is C9H15N3S2. The second-order valence-corrected chi connectivity index (χ2v) is 4.68. The van der Waals surface area contributed by atoms with Gasteiger partial charge in [0, 0.05) is 17.6 Å². The third-order valence-electron chi connectivity index (χ3n) is 1.63. The molecule has 1 aromatic heterocycles. The van der Waals surface area contributed by atoms with E-state index in [1.807, 2.05) is 13.1 Å². The Morgan fingerprint density at radius 3 is 2.93 bits per heavy atom. The van der Waals surface area contributed by atoms with Crippen LogP contribution in [0.3, 0.4) is 0 Å². The summed E-state index contributed by atoms with van der Waals surface area (Å²) in [5.41, 5.74) is 0. The molecule has 1 aromatic rings. The molecule has 2 N–H and O–H groups in total. The van der Waals surface area contributed by atoms with Gasteiger partial charge < -0.3 is 10.6 Å². The van der Waals surface area contributed by atoms with E-state index in [4.69, 9.17) is 12.2 Å². The van der Waals surface area contributed by atoms with Gasteiger partial charge in [0.05, 0.1) is 11.6 Å². The minimum Gasteiger partial charge on any atom is -0.363 e. The van der Waals surface area contributed by atoms with Crippen molar-refractivity contribution in [2.75, 3.05) is 6.54 Å². The highest BCUT2D eigenvalue weighted by molar-refractivity contribution is 7.80. The lowest BCUT2D eigenvalue weighted by atomic mass is 10.5. The summed E-state index contributed by atoms with van der Waals surface area (Å²) in [4.78, 5) is 5.38. The second kappa shape index (κ2) is 5.93. The first-order valence-corrected chi connectivity index (χ1v) is 5.88. The average Bonchev–Trinajstić information content (AvgIpc) is 2.58. The van der Waals surface area contributed by atoms with E-state index in [0.29, 0.717) is 0 Å². The number of aromatic nitrogens is 1. The minimum absolute atomic E-state index is 0.720. The summed E-state index contributed by atoms with van der Waals surface area (Å²) in [6.07, 6.45) is 2.97. The molecule has 0 aromatic carbocycles. The summed E-state index contributed by atoms with van der Waals surface area (Å²) in [6, 6.07) is 0. The first-order chi connectivity index (χ1) is 6.72. The third kappa shape index (κ3) is 4.02. The maximum absolute atomic E-state index is 5.09. The molecule has 0 spiro atoms. The van der Waals surface area contributed by atoms with Crippen molar-refractivity contribution in [3.63, 3.8) is 0 Å². The molecule has 0 aliphatic heterocycles. The molecule has 0 amide bonds. The minimum atomic E-state index is 0.720. The van der Waals surface area contributed by atoms with Gasteiger partial charge in [0.25, 0.3) is 0 Å². The van der Waals surface area contributed by atoms with Gasteiger partial charge >= 0.3 is 0 Å². The number of thiocarbonyl (C=S) groups is 1. The predicted octanol–water partition coefficient (Wildman–Crippen LogP) is 1.83. The van der Waals surface area contributed by atoms with E-state index in [9.17, 15) is 0 Å². The summed E-state index contributed by atoms with van der Waals surface area (Å²) in [7, 11) is 0. The molecule has 0 fully saturated rings. The molecule has 14 heavy (non-hydrogen) atoms. The van der Waals surface area contributed by atoms with Crippen molar-refractivity contribution in [3.8, 4) is 0 Å². The zero-order valence-corrected chi connectivity index (χ0v) is 10.1. The van der Waals surface area contributed by atoms with E-state index in [2.05, 4.69) is 22.5 Å². The zero-order chi connectivity index (χ0) is 10.4. The number of nitrogens with zero attached hydrogens (tertiary/aromatic N) is 1. The third-order valence-corrected chi connectivity index (χ3v) is 2.83. The molecule has 0 saturated carbocycles. The van der Waals surface area contributed by atoms with Gasteiger partial charge in [0.15, 0.2) is 5.11 Å². The lowest BCUT2D eigenvalue weighted by Crippen LogP contribution is -2.34. The van der Waals surface area contributed by atoms with Crippen LogP contribution < -0.4 is 10.6 Å². The van der Waals surface area contributed by atoms with Crippen molar-refractivity contribution in [1.82, 2.24) is 15.6 Å². The van der Waals surface area contributed by atoms with Crippen LogP contribution in [0.4, 0.5) is 0 Å². The summed E-state index contributed by atoms with van der Waals surface area (Å²) in [5.74, 6) is 0. The van der Waals surface area contributed by atoms with Crippen LogP contribution in [0, 0.1) is 6.92 Å². The van der Waals surface area contributed by atoms with Crippen LogP contribution in [0.1, 0.15) is 23.2 Å². The monoisotopic (exact) mass is 229 g/mol. The fraction of sp³-hybridized carbons (Fsp3) is 0.556. The molecule has 0 aliphatic carbocycles. The Kier molecular flexibility index (Phi) is 4.82. The number of rotatable bonds is 4. The van der Waals surface area contributed by atoms with Gasteiger partial charge in [-0.3, -0.25) is 0 Å². The maximum atomic E-state index is 5.09. The van der Waals surface area contributed by atoms with Gasteiger partial charge in [-0.2, -0.15) is 0 Å². The average molecular weight is 229 g/mol. The smallest absolute Gasteiger partial charge is 0.166 e. The fourth-order valence-electron chi connectivity index (χ4n) is 0.955. The van der Waals surface area contributed by atoms with Crippen molar-refractivity contribution in [2.45, 2.75) is 26.8 Å². The Hall–Kier alpha value is -0.680. The van der Waals surface area contributed by atoms with Crippen LogP contribution >= 0.6 is 23.6 Å². The van der Waals surface area contributed by atoms with Crippen molar-refractivity contribution >= 4 is 28.7 Å². The highest BCUT2D eigenvalue weighted by atomic mass is 32.1. The van der Waals surface area contributed by atoms with Crippen LogP contribution in [0.5, 0.6) is 0 Å². The van der Waals surface area contributed by atoms with E-state index in [-0.39, 0.29) is 0 Å². The first-order valence-electron chi connectivity index (χ1n) is 4.65. The van der Waals surface area contributed by atoms with Gasteiger partial charge in [0.1, 0.15) is 0 Å². The Bertz CT molecular complexity index is 296. The highest BCUT2D eigenvalue weighted by Crippen LogP contribution is 2.10. The highest BCUT2D eigenvalue weighted by Gasteiger charge is 1.98. The summed E-state index contributed by atoms with van der Waals surface area (Å²) < 4.78 is 0. The topological polar surface area (TPSA) is 37.0 Å².